The van der Waals surface area contributed by atoms with Crippen molar-refractivity contribution in [2.24, 2.45) is 0 Å². The molecule has 0 amide bonds. The lowest BCUT2D eigenvalue weighted by molar-refractivity contribution is 0.244. The van der Waals surface area contributed by atoms with Crippen LogP contribution in [0.4, 0.5) is 5.82 Å². The molecule has 0 aromatic carbocycles. The normalized spacial score (nSPS) is 25.0. The highest BCUT2D eigenvalue weighted by Gasteiger charge is 2.21. The Hall–Kier alpha value is -1.20. The van der Waals surface area contributed by atoms with Gasteiger partial charge in [0.2, 0.25) is 0 Å². The van der Waals surface area contributed by atoms with Gasteiger partial charge < -0.3 is 15.5 Å². The topological polar surface area (TPSA) is 53.1 Å². The van der Waals surface area contributed by atoms with Gasteiger partial charge in [-0.3, -0.25) is 0 Å². The van der Waals surface area contributed by atoms with Gasteiger partial charge in [-0.1, -0.05) is 6.42 Å². The molecule has 104 valence electrons. The zero-order valence-corrected chi connectivity index (χ0v) is 11.6. The van der Waals surface area contributed by atoms with E-state index in [0.29, 0.717) is 12.0 Å². The molecule has 2 N–H and O–H groups in total. The third kappa shape index (κ3) is 3.22. The molecule has 5 nitrogen and oxygen atoms in total. The van der Waals surface area contributed by atoms with Gasteiger partial charge in [0.1, 0.15) is 5.82 Å². The molecule has 0 bridgehead atoms. The predicted octanol–water partition coefficient (Wildman–Crippen LogP) is 1.06. The Kier molecular flexibility index (Phi) is 3.94. The second-order valence-electron chi connectivity index (χ2n) is 5.77. The standard InChI is InChI=1S/C14H23N5/c1-19-8-7-15-12(10-19)9-16-14-6-5-13(17-18-14)11-3-2-4-11/h5-6,11-12,15H,2-4,7-10H2,1H3,(H,16,18). The summed E-state index contributed by atoms with van der Waals surface area (Å²) in [6.07, 6.45) is 3.90. The number of rotatable bonds is 4. The maximum Gasteiger partial charge on any atom is 0.148 e. The molecular formula is C14H23N5. The van der Waals surface area contributed by atoms with Gasteiger partial charge in [0.05, 0.1) is 5.69 Å². The Morgan fingerprint density at radius 2 is 2.26 bits per heavy atom. The van der Waals surface area contributed by atoms with Gasteiger partial charge in [-0.15, -0.1) is 5.10 Å². The molecule has 0 radical (unpaired) electrons. The van der Waals surface area contributed by atoms with Gasteiger partial charge in [-0.2, -0.15) is 5.10 Å². The van der Waals surface area contributed by atoms with Crippen LogP contribution < -0.4 is 10.6 Å². The van der Waals surface area contributed by atoms with E-state index >= 15 is 0 Å². The van der Waals surface area contributed by atoms with Crippen molar-refractivity contribution in [3.63, 3.8) is 0 Å². The summed E-state index contributed by atoms with van der Waals surface area (Å²) in [4.78, 5) is 2.36. The molecule has 5 heteroatoms. The third-order valence-corrected chi connectivity index (χ3v) is 4.20. The summed E-state index contributed by atoms with van der Waals surface area (Å²) in [5.41, 5.74) is 1.16. The maximum atomic E-state index is 4.34. The quantitative estimate of drug-likeness (QED) is 0.849. The Morgan fingerprint density at radius 1 is 1.37 bits per heavy atom. The number of hydrogen-bond acceptors (Lipinski definition) is 5. The van der Waals surface area contributed by atoms with E-state index < -0.39 is 0 Å². The van der Waals surface area contributed by atoms with Crippen LogP contribution in [0.25, 0.3) is 0 Å². The van der Waals surface area contributed by atoms with Crippen molar-refractivity contribution in [2.45, 2.75) is 31.2 Å². The molecule has 1 aromatic heterocycles. The van der Waals surface area contributed by atoms with Gasteiger partial charge in [0.15, 0.2) is 0 Å². The number of anilines is 1. The first-order valence-electron chi connectivity index (χ1n) is 7.31. The van der Waals surface area contributed by atoms with Gasteiger partial charge >= 0.3 is 0 Å². The Balaban J connectivity index is 1.49. The van der Waals surface area contributed by atoms with Crippen LogP contribution in [0.5, 0.6) is 0 Å². The largest absolute Gasteiger partial charge is 0.367 e. The molecule has 1 unspecified atom stereocenters. The van der Waals surface area contributed by atoms with E-state index in [1.807, 2.05) is 0 Å². The Labute approximate surface area is 114 Å². The maximum absolute atomic E-state index is 4.34. The summed E-state index contributed by atoms with van der Waals surface area (Å²) in [5.74, 6) is 1.55. The molecule has 2 heterocycles. The van der Waals surface area contributed by atoms with Crippen LogP contribution in [-0.4, -0.2) is 54.4 Å². The molecule has 2 aliphatic rings. The Morgan fingerprint density at radius 3 is 2.89 bits per heavy atom. The minimum absolute atomic E-state index is 0.492. The molecule has 19 heavy (non-hydrogen) atoms. The van der Waals surface area contributed by atoms with Gasteiger partial charge in [-0.25, -0.2) is 0 Å². The first-order valence-corrected chi connectivity index (χ1v) is 7.31. The van der Waals surface area contributed by atoms with Crippen LogP contribution in [0.15, 0.2) is 12.1 Å². The molecule has 1 saturated carbocycles. The van der Waals surface area contributed by atoms with E-state index in [9.17, 15) is 0 Å². The first kappa shape index (κ1) is 12.8. The fourth-order valence-corrected chi connectivity index (χ4v) is 2.71. The minimum atomic E-state index is 0.492. The summed E-state index contributed by atoms with van der Waals surface area (Å²) < 4.78 is 0. The zero-order chi connectivity index (χ0) is 13.1. The number of nitrogens with one attached hydrogen (secondary N) is 2. The molecule has 2 fully saturated rings. The van der Waals surface area contributed by atoms with Crippen LogP contribution >= 0.6 is 0 Å². The Bertz CT molecular complexity index is 401. The van der Waals surface area contributed by atoms with Crippen molar-refractivity contribution in [1.82, 2.24) is 20.4 Å². The zero-order valence-electron chi connectivity index (χ0n) is 11.6. The lowest BCUT2D eigenvalue weighted by Gasteiger charge is -2.31. The summed E-state index contributed by atoms with van der Waals surface area (Å²) in [6, 6.07) is 4.68. The highest BCUT2D eigenvalue weighted by Crippen LogP contribution is 2.34. The van der Waals surface area contributed by atoms with Crippen molar-refractivity contribution < 1.29 is 0 Å². The van der Waals surface area contributed by atoms with Crippen molar-refractivity contribution in [3.8, 4) is 0 Å². The van der Waals surface area contributed by atoms with Crippen LogP contribution in [-0.2, 0) is 0 Å². The van der Waals surface area contributed by atoms with Crippen LogP contribution in [0.3, 0.4) is 0 Å². The van der Waals surface area contributed by atoms with E-state index in [0.717, 1.165) is 37.7 Å². The van der Waals surface area contributed by atoms with Gasteiger partial charge in [0.25, 0.3) is 0 Å². The van der Waals surface area contributed by atoms with Crippen molar-refractivity contribution in [3.05, 3.63) is 17.8 Å². The van der Waals surface area contributed by atoms with E-state index in [4.69, 9.17) is 0 Å². The second kappa shape index (κ2) is 5.84. The fraction of sp³-hybridized carbons (Fsp3) is 0.714. The van der Waals surface area contributed by atoms with E-state index in [1.165, 1.54) is 19.3 Å². The van der Waals surface area contributed by atoms with Crippen LogP contribution in [0.2, 0.25) is 0 Å². The van der Waals surface area contributed by atoms with E-state index in [2.05, 4.69) is 44.9 Å². The molecule has 1 aliphatic heterocycles. The molecule has 0 spiro atoms. The average molecular weight is 261 g/mol. The summed E-state index contributed by atoms with van der Waals surface area (Å²) in [6.45, 7) is 4.18. The molecule has 1 aliphatic carbocycles. The summed E-state index contributed by atoms with van der Waals surface area (Å²) in [5, 5.41) is 15.5. The fourth-order valence-electron chi connectivity index (χ4n) is 2.71. The number of likely N-dealkylation sites (N-methyl/N-ethyl adjacent to an activating group) is 1. The van der Waals surface area contributed by atoms with Crippen molar-refractivity contribution >= 4 is 5.82 Å². The number of hydrogen-bond donors (Lipinski definition) is 2. The highest BCUT2D eigenvalue weighted by atomic mass is 15.2. The lowest BCUT2D eigenvalue weighted by Crippen LogP contribution is -2.51. The predicted molar refractivity (Wildman–Crippen MR) is 76.4 cm³/mol. The van der Waals surface area contributed by atoms with E-state index in [1.54, 1.807) is 0 Å². The second-order valence-corrected chi connectivity index (χ2v) is 5.77. The number of aromatic nitrogens is 2. The molecule has 1 aromatic rings. The molecule has 1 atom stereocenters. The van der Waals surface area contributed by atoms with Crippen molar-refractivity contribution in [1.29, 1.82) is 0 Å². The van der Waals surface area contributed by atoms with Gasteiger partial charge in [-0.05, 0) is 32.0 Å². The van der Waals surface area contributed by atoms with Gasteiger partial charge in [0, 0.05) is 38.1 Å². The third-order valence-electron chi connectivity index (χ3n) is 4.20. The lowest BCUT2D eigenvalue weighted by atomic mass is 9.83. The SMILES string of the molecule is CN1CCNC(CNc2ccc(C3CCC3)nn2)C1. The van der Waals surface area contributed by atoms with Crippen molar-refractivity contribution in [2.75, 3.05) is 38.5 Å². The number of piperazine rings is 1. The summed E-state index contributed by atoms with van der Waals surface area (Å²) in [7, 11) is 2.17. The first-order chi connectivity index (χ1) is 9.31. The molecular weight excluding hydrogens is 238 g/mol. The average Bonchev–Trinajstić information content (AvgIpc) is 2.36. The number of nitrogens with zero attached hydrogens (tertiary/aromatic N) is 3. The van der Waals surface area contributed by atoms with E-state index in [-0.39, 0.29) is 0 Å². The van der Waals surface area contributed by atoms with Crippen LogP contribution in [0, 0.1) is 0 Å². The smallest absolute Gasteiger partial charge is 0.148 e. The highest BCUT2D eigenvalue weighted by molar-refractivity contribution is 5.34. The summed E-state index contributed by atoms with van der Waals surface area (Å²) >= 11 is 0. The molecule has 1 saturated heterocycles. The monoisotopic (exact) mass is 261 g/mol. The minimum Gasteiger partial charge on any atom is -0.367 e. The molecule has 3 rings (SSSR count). The van der Waals surface area contributed by atoms with Crippen LogP contribution in [0.1, 0.15) is 30.9 Å².